The predicted octanol–water partition coefficient (Wildman–Crippen LogP) is 3.03. The third kappa shape index (κ3) is 1.95. The van der Waals surface area contributed by atoms with Gasteiger partial charge in [0.05, 0.1) is 11.5 Å². The first-order valence-electron chi connectivity index (χ1n) is 6.92. The summed E-state index contributed by atoms with van der Waals surface area (Å²) in [7, 11) is 0. The molecule has 0 aliphatic heterocycles. The van der Waals surface area contributed by atoms with Crippen molar-refractivity contribution in [1.29, 1.82) is 0 Å². The summed E-state index contributed by atoms with van der Waals surface area (Å²) < 4.78 is 5.11. The minimum absolute atomic E-state index is 0.192. The number of nitrogens with one attached hydrogen (secondary N) is 1. The monoisotopic (exact) mass is 317 g/mol. The average Bonchev–Trinajstić information content (AvgIpc) is 3.11. The van der Waals surface area contributed by atoms with Gasteiger partial charge in [-0.2, -0.15) is 0 Å². The highest BCUT2D eigenvalue weighted by Gasteiger charge is 2.21. The van der Waals surface area contributed by atoms with E-state index in [1.165, 1.54) is 28.3 Å². The molecule has 0 aromatic carbocycles. The first kappa shape index (κ1) is 13.2. The summed E-state index contributed by atoms with van der Waals surface area (Å²) in [5.41, 5.74) is 0.899. The van der Waals surface area contributed by atoms with Crippen LogP contribution in [0.15, 0.2) is 21.3 Å². The van der Waals surface area contributed by atoms with Gasteiger partial charge in [-0.3, -0.25) is 14.9 Å². The molecule has 0 spiro atoms. The molecule has 0 saturated heterocycles. The summed E-state index contributed by atoms with van der Waals surface area (Å²) in [5, 5.41) is 11.3. The van der Waals surface area contributed by atoms with E-state index in [4.69, 9.17) is 4.42 Å². The molecule has 0 amide bonds. The highest BCUT2D eigenvalue weighted by molar-refractivity contribution is 7.18. The van der Waals surface area contributed by atoms with Crippen LogP contribution in [0.3, 0.4) is 0 Å². The molecule has 0 unspecified atom stereocenters. The van der Waals surface area contributed by atoms with Gasteiger partial charge in [0.15, 0.2) is 11.6 Å². The largest absolute Gasteiger partial charge is 0.433 e. The van der Waals surface area contributed by atoms with Crippen LogP contribution in [0.5, 0.6) is 0 Å². The van der Waals surface area contributed by atoms with Crippen molar-refractivity contribution in [1.82, 2.24) is 9.97 Å². The van der Waals surface area contributed by atoms with E-state index in [1.807, 2.05) is 0 Å². The number of rotatable bonds is 2. The summed E-state index contributed by atoms with van der Waals surface area (Å²) in [6.07, 6.45) is 4.11. The van der Waals surface area contributed by atoms with Gasteiger partial charge in [0.1, 0.15) is 9.75 Å². The normalized spacial score (nSPS) is 14.2. The van der Waals surface area contributed by atoms with Crippen molar-refractivity contribution in [2.75, 3.05) is 0 Å². The fraction of sp³-hybridized carbons (Fsp3) is 0.286. The molecule has 8 heteroatoms. The molecule has 4 rings (SSSR count). The van der Waals surface area contributed by atoms with Crippen LogP contribution >= 0.6 is 11.3 Å². The Morgan fingerprint density at radius 3 is 2.91 bits per heavy atom. The first-order valence-corrected chi connectivity index (χ1v) is 7.74. The first-order chi connectivity index (χ1) is 10.6. The SMILES string of the molecule is O=c1[nH]c(-c2ccc([N+](=O)[O-])o2)nc2sc3c(c12)CCCC3. The number of hydrogen-bond acceptors (Lipinski definition) is 6. The molecule has 0 saturated carbocycles. The molecule has 3 heterocycles. The molecule has 7 nitrogen and oxygen atoms in total. The average molecular weight is 317 g/mol. The van der Waals surface area contributed by atoms with Crippen LogP contribution in [-0.2, 0) is 12.8 Å². The van der Waals surface area contributed by atoms with Gasteiger partial charge < -0.3 is 9.40 Å². The molecule has 22 heavy (non-hydrogen) atoms. The van der Waals surface area contributed by atoms with E-state index in [-0.39, 0.29) is 23.0 Å². The zero-order valence-corrected chi connectivity index (χ0v) is 12.2. The second kappa shape index (κ2) is 4.77. The Morgan fingerprint density at radius 1 is 1.32 bits per heavy atom. The number of nitro groups is 1. The Bertz CT molecular complexity index is 953. The topological polar surface area (TPSA) is 102 Å². The van der Waals surface area contributed by atoms with Gasteiger partial charge in [0, 0.05) is 4.88 Å². The zero-order valence-electron chi connectivity index (χ0n) is 11.4. The van der Waals surface area contributed by atoms with Gasteiger partial charge in [-0.05, 0) is 37.3 Å². The van der Waals surface area contributed by atoms with Crippen molar-refractivity contribution in [3.63, 3.8) is 0 Å². The summed E-state index contributed by atoms with van der Waals surface area (Å²) in [4.78, 5) is 31.4. The van der Waals surface area contributed by atoms with Crippen molar-refractivity contribution in [3.8, 4) is 11.6 Å². The number of nitrogens with zero attached hydrogens (tertiary/aromatic N) is 2. The molecule has 1 N–H and O–H groups in total. The van der Waals surface area contributed by atoms with E-state index in [0.29, 0.717) is 10.2 Å². The lowest BCUT2D eigenvalue weighted by atomic mass is 9.97. The molecule has 0 atom stereocenters. The van der Waals surface area contributed by atoms with Crippen molar-refractivity contribution in [2.45, 2.75) is 25.7 Å². The summed E-state index contributed by atoms with van der Waals surface area (Å²) in [6, 6.07) is 2.69. The van der Waals surface area contributed by atoms with Crippen LogP contribution in [0.4, 0.5) is 5.88 Å². The van der Waals surface area contributed by atoms with E-state index in [0.717, 1.165) is 31.2 Å². The van der Waals surface area contributed by atoms with Gasteiger partial charge >= 0.3 is 5.88 Å². The maximum absolute atomic E-state index is 12.4. The van der Waals surface area contributed by atoms with Crippen LogP contribution in [0.1, 0.15) is 23.3 Å². The van der Waals surface area contributed by atoms with E-state index in [1.54, 1.807) is 0 Å². The fourth-order valence-corrected chi connectivity index (χ4v) is 4.10. The molecular weight excluding hydrogens is 306 g/mol. The highest BCUT2D eigenvalue weighted by atomic mass is 32.1. The minimum Gasteiger partial charge on any atom is -0.397 e. The van der Waals surface area contributed by atoms with Gasteiger partial charge in [0.25, 0.3) is 5.56 Å². The van der Waals surface area contributed by atoms with Gasteiger partial charge in [-0.25, -0.2) is 4.98 Å². The van der Waals surface area contributed by atoms with E-state index in [9.17, 15) is 14.9 Å². The fourth-order valence-electron chi connectivity index (χ4n) is 2.83. The maximum Gasteiger partial charge on any atom is 0.433 e. The lowest BCUT2D eigenvalue weighted by Crippen LogP contribution is -2.11. The molecular formula is C14H11N3O4S. The quantitative estimate of drug-likeness (QED) is 0.578. The summed E-state index contributed by atoms with van der Waals surface area (Å²) >= 11 is 1.53. The molecule has 1 aliphatic rings. The number of aromatic amines is 1. The minimum atomic E-state index is -0.621. The van der Waals surface area contributed by atoms with E-state index >= 15 is 0 Å². The van der Waals surface area contributed by atoms with Crippen LogP contribution < -0.4 is 5.56 Å². The lowest BCUT2D eigenvalue weighted by molar-refractivity contribution is -0.401. The number of H-pyrrole nitrogens is 1. The number of fused-ring (bicyclic) bond motifs is 3. The molecule has 112 valence electrons. The van der Waals surface area contributed by atoms with Crippen molar-refractivity contribution in [2.24, 2.45) is 0 Å². The number of hydrogen-bond donors (Lipinski definition) is 1. The number of furan rings is 1. The summed E-state index contributed by atoms with van der Waals surface area (Å²) in [6.45, 7) is 0. The van der Waals surface area contributed by atoms with Crippen molar-refractivity contribution >= 4 is 27.4 Å². The van der Waals surface area contributed by atoms with Gasteiger partial charge in [-0.15, -0.1) is 11.3 Å². The molecule has 1 aliphatic carbocycles. The van der Waals surface area contributed by atoms with Crippen LogP contribution in [0.2, 0.25) is 0 Å². The van der Waals surface area contributed by atoms with Crippen LogP contribution in [0.25, 0.3) is 21.8 Å². The zero-order chi connectivity index (χ0) is 15.3. The second-order valence-corrected chi connectivity index (χ2v) is 6.28. The number of thiophene rings is 1. The molecule has 3 aromatic rings. The number of aromatic nitrogens is 2. The third-order valence-corrected chi connectivity index (χ3v) is 5.02. The lowest BCUT2D eigenvalue weighted by Gasteiger charge is -2.09. The molecule has 0 bridgehead atoms. The van der Waals surface area contributed by atoms with Crippen molar-refractivity contribution in [3.05, 3.63) is 43.0 Å². The van der Waals surface area contributed by atoms with Gasteiger partial charge in [-0.1, -0.05) is 0 Å². The smallest absolute Gasteiger partial charge is 0.397 e. The second-order valence-electron chi connectivity index (χ2n) is 5.20. The predicted molar refractivity (Wildman–Crippen MR) is 81.2 cm³/mol. The van der Waals surface area contributed by atoms with Crippen LogP contribution in [-0.4, -0.2) is 14.9 Å². The Hall–Kier alpha value is -2.48. The molecule has 3 aromatic heterocycles. The third-order valence-electron chi connectivity index (χ3n) is 3.83. The van der Waals surface area contributed by atoms with Gasteiger partial charge in [0.2, 0.25) is 0 Å². The van der Waals surface area contributed by atoms with E-state index in [2.05, 4.69) is 9.97 Å². The Labute approximate surface area is 127 Å². The van der Waals surface area contributed by atoms with Crippen molar-refractivity contribution < 1.29 is 9.34 Å². The Morgan fingerprint density at radius 2 is 2.14 bits per heavy atom. The standard InChI is InChI=1S/C14H11N3O4S/c18-13-11-7-3-1-2-4-9(7)22-14(11)16-12(15-13)8-5-6-10(21-8)17(19)20/h5-6H,1-4H2,(H,15,16,18). The molecule has 0 fully saturated rings. The molecule has 0 radical (unpaired) electrons. The number of aryl methyl sites for hydroxylation is 2. The highest BCUT2D eigenvalue weighted by Crippen LogP contribution is 2.34. The Balaban J connectivity index is 1.89. The van der Waals surface area contributed by atoms with E-state index < -0.39 is 4.92 Å². The van der Waals surface area contributed by atoms with Crippen LogP contribution in [0, 0.1) is 10.1 Å². The Kier molecular flexibility index (Phi) is 2.86. The maximum atomic E-state index is 12.4. The summed E-state index contributed by atoms with van der Waals surface area (Å²) in [5.74, 6) is 0.0458.